The lowest BCUT2D eigenvalue weighted by atomic mass is 10.1. The Morgan fingerprint density at radius 2 is 1.96 bits per heavy atom. The van der Waals surface area contributed by atoms with Crippen LogP contribution in [0.4, 0.5) is 0 Å². The molecule has 0 radical (unpaired) electrons. The number of hydrogen-bond acceptors (Lipinski definition) is 6. The zero-order chi connectivity index (χ0) is 19.1. The molecule has 0 fully saturated rings. The molecule has 0 N–H and O–H groups in total. The molecule has 0 spiro atoms. The number of rotatable bonds is 4. The van der Waals surface area contributed by atoms with Crippen molar-refractivity contribution in [3.63, 3.8) is 0 Å². The molecular formula is C20H17N3O4. The maximum Gasteiger partial charge on any atom is 0.340 e. The number of ether oxygens (including phenoxy) is 1. The summed E-state index contributed by atoms with van der Waals surface area (Å²) < 4.78 is 12.4. The minimum absolute atomic E-state index is 0.209. The summed E-state index contributed by atoms with van der Waals surface area (Å²) in [5.74, 6) is -0.793. The molecule has 4 rings (SSSR count). The van der Waals surface area contributed by atoms with Crippen molar-refractivity contribution in [3.05, 3.63) is 59.1 Å². The Morgan fingerprint density at radius 3 is 2.74 bits per heavy atom. The maximum absolute atomic E-state index is 12.4. The van der Waals surface area contributed by atoms with E-state index in [-0.39, 0.29) is 17.1 Å². The highest BCUT2D eigenvalue weighted by Crippen LogP contribution is 2.25. The number of furan rings is 1. The molecule has 0 atom stereocenters. The van der Waals surface area contributed by atoms with Gasteiger partial charge in [-0.25, -0.2) is 9.78 Å². The van der Waals surface area contributed by atoms with Crippen LogP contribution in [0.2, 0.25) is 0 Å². The van der Waals surface area contributed by atoms with Crippen molar-refractivity contribution in [1.29, 1.82) is 0 Å². The molecule has 3 aromatic heterocycles. The summed E-state index contributed by atoms with van der Waals surface area (Å²) in [5, 5.41) is 5.91. The predicted molar refractivity (Wildman–Crippen MR) is 98.8 cm³/mol. The van der Waals surface area contributed by atoms with E-state index in [1.807, 2.05) is 32.0 Å². The second-order valence-electron chi connectivity index (χ2n) is 6.36. The highest BCUT2D eigenvalue weighted by Gasteiger charge is 2.20. The van der Waals surface area contributed by atoms with Gasteiger partial charge in [0.05, 0.1) is 11.3 Å². The van der Waals surface area contributed by atoms with Crippen LogP contribution in [-0.2, 0) is 11.8 Å². The average Bonchev–Trinajstić information content (AvgIpc) is 3.16. The van der Waals surface area contributed by atoms with Crippen molar-refractivity contribution in [1.82, 2.24) is 14.8 Å². The molecule has 0 unspecified atom stereocenters. The van der Waals surface area contributed by atoms with Gasteiger partial charge in [0.2, 0.25) is 5.78 Å². The molecule has 3 heterocycles. The number of aromatic nitrogens is 3. The number of esters is 1. The molecule has 0 saturated heterocycles. The normalized spacial score (nSPS) is 11.2. The summed E-state index contributed by atoms with van der Waals surface area (Å²) in [6.45, 7) is 3.25. The van der Waals surface area contributed by atoms with Gasteiger partial charge < -0.3 is 9.15 Å². The molecule has 0 amide bonds. The molecule has 0 bridgehead atoms. The van der Waals surface area contributed by atoms with Gasteiger partial charge in [-0.3, -0.25) is 9.48 Å². The zero-order valence-corrected chi connectivity index (χ0v) is 15.1. The number of carbonyl (C=O) groups excluding carboxylic acids is 2. The van der Waals surface area contributed by atoms with Gasteiger partial charge in [0.25, 0.3) is 0 Å². The maximum atomic E-state index is 12.4. The summed E-state index contributed by atoms with van der Waals surface area (Å²) in [4.78, 5) is 29.0. The van der Waals surface area contributed by atoms with Crippen LogP contribution in [0, 0.1) is 13.8 Å². The SMILES string of the molecule is Cc1c(C(=O)COC(=O)c2cnc3c(c2)c(C)nn3C)oc2ccccc12. The van der Waals surface area contributed by atoms with Crippen molar-refractivity contribution in [2.75, 3.05) is 6.61 Å². The van der Waals surface area contributed by atoms with Crippen LogP contribution in [0.15, 0.2) is 40.9 Å². The van der Waals surface area contributed by atoms with Crippen molar-refractivity contribution >= 4 is 33.8 Å². The molecule has 136 valence electrons. The van der Waals surface area contributed by atoms with Gasteiger partial charge in [0, 0.05) is 29.6 Å². The fraction of sp³-hybridized carbons (Fsp3) is 0.200. The topological polar surface area (TPSA) is 87.2 Å². The predicted octanol–water partition coefficient (Wildman–Crippen LogP) is 3.37. The van der Waals surface area contributed by atoms with E-state index in [4.69, 9.17) is 9.15 Å². The Hall–Kier alpha value is -3.48. The van der Waals surface area contributed by atoms with Crippen molar-refractivity contribution in [2.24, 2.45) is 7.05 Å². The molecule has 0 aliphatic heterocycles. The van der Waals surface area contributed by atoms with Gasteiger partial charge in [-0.05, 0) is 26.0 Å². The van der Waals surface area contributed by atoms with Crippen LogP contribution in [0.25, 0.3) is 22.0 Å². The number of benzene rings is 1. The quantitative estimate of drug-likeness (QED) is 0.408. The van der Waals surface area contributed by atoms with Crippen LogP contribution in [0.1, 0.15) is 32.2 Å². The number of pyridine rings is 1. The first kappa shape index (κ1) is 17.0. The molecule has 1 aromatic carbocycles. The number of nitrogens with zero attached hydrogens (tertiary/aromatic N) is 3. The smallest absolute Gasteiger partial charge is 0.340 e. The van der Waals surface area contributed by atoms with Gasteiger partial charge in [0.1, 0.15) is 5.58 Å². The second-order valence-corrected chi connectivity index (χ2v) is 6.36. The molecule has 7 nitrogen and oxygen atoms in total. The molecular weight excluding hydrogens is 346 g/mol. The number of Topliss-reactive ketones (excluding diaryl/α,β-unsaturated/α-hetero) is 1. The Bertz CT molecular complexity index is 1200. The molecule has 0 saturated carbocycles. The highest BCUT2D eigenvalue weighted by molar-refractivity contribution is 6.02. The minimum atomic E-state index is -0.616. The molecule has 27 heavy (non-hydrogen) atoms. The summed E-state index contributed by atoms with van der Waals surface area (Å²) >= 11 is 0. The summed E-state index contributed by atoms with van der Waals surface area (Å²) in [6, 6.07) is 9.06. The lowest BCUT2D eigenvalue weighted by molar-refractivity contribution is 0.0468. The van der Waals surface area contributed by atoms with Crippen LogP contribution in [-0.4, -0.2) is 33.1 Å². The first-order chi connectivity index (χ1) is 13.0. The molecule has 7 heteroatoms. The van der Waals surface area contributed by atoms with Crippen LogP contribution in [0.5, 0.6) is 0 Å². The number of para-hydroxylation sites is 1. The van der Waals surface area contributed by atoms with Crippen LogP contribution in [0.3, 0.4) is 0 Å². The van der Waals surface area contributed by atoms with E-state index in [0.29, 0.717) is 11.2 Å². The first-order valence-corrected chi connectivity index (χ1v) is 8.43. The number of hydrogen-bond donors (Lipinski definition) is 0. The number of aryl methyl sites for hydroxylation is 3. The third kappa shape index (κ3) is 2.87. The van der Waals surface area contributed by atoms with Gasteiger partial charge in [-0.15, -0.1) is 0 Å². The van der Waals surface area contributed by atoms with Crippen LogP contribution < -0.4 is 0 Å². The third-order valence-electron chi connectivity index (χ3n) is 4.53. The number of fused-ring (bicyclic) bond motifs is 2. The van der Waals surface area contributed by atoms with E-state index in [2.05, 4.69) is 10.1 Å². The number of ketones is 1. The summed E-state index contributed by atoms with van der Waals surface area (Å²) in [6.07, 6.45) is 1.42. The van der Waals surface area contributed by atoms with Gasteiger partial charge in [0.15, 0.2) is 18.0 Å². The first-order valence-electron chi connectivity index (χ1n) is 8.43. The lowest BCUT2D eigenvalue weighted by Gasteiger charge is -2.04. The van der Waals surface area contributed by atoms with Gasteiger partial charge in [-0.2, -0.15) is 5.10 Å². The monoisotopic (exact) mass is 363 g/mol. The summed E-state index contributed by atoms with van der Waals surface area (Å²) in [7, 11) is 1.79. The fourth-order valence-corrected chi connectivity index (χ4v) is 3.14. The average molecular weight is 363 g/mol. The van der Waals surface area contributed by atoms with E-state index in [9.17, 15) is 9.59 Å². The van der Waals surface area contributed by atoms with Crippen molar-refractivity contribution in [2.45, 2.75) is 13.8 Å². The van der Waals surface area contributed by atoms with E-state index in [0.717, 1.165) is 22.0 Å². The zero-order valence-electron chi connectivity index (χ0n) is 15.1. The Labute approximate surface area is 154 Å². The largest absolute Gasteiger partial charge is 0.454 e. The minimum Gasteiger partial charge on any atom is -0.454 e. The number of carbonyl (C=O) groups is 2. The Kier molecular flexibility index (Phi) is 3.99. The van der Waals surface area contributed by atoms with E-state index < -0.39 is 12.6 Å². The third-order valence-corrected chi connectivity index (χ3v) is 4.53. The van der Waals surface area contributed by atoms with Gasteiger partial charge >= 0.3 is 5.97 Å². The van der Waals surface area contributed by atoms with Gasteiger partial charge in [-0.1, -0.05) is 18.2 Å². The Morgan fingerprint density at radius 1 is 1.19 bits per heavy atom. The van der Waals surface area contributed by atoms with Crippen LogP contribution >= 0.6 is 0 Å². The Balaban J connectivity index is 1.52. The van der Waals surface area contributed by atoms with Crippen molar-refractivity contribution < 1.29 is 18.7 Å². The molecule has 4 aromatic rings. The fourth-order valence-electron chi connectivity index (χ4n) is 3.14. The highest BCUT2D eigenvalue weighted by atomic mass is 16.5. The second kappa shape index (κ2) is 6.35. The molecule has 0 aliphatic rings. The van der Waals surface area contributed by atoms with E-state index in [1.54, 1.807) is 23.9 Å². The summed E-state index contributed by atoms with van der Waals surface area (Å²) in [5.41, 5.74) is 3.08. The van der Waals surface area contributed by atoms with Crippen molar-refractivity contribution in [3.8, 4) is 0 Å². The van der Waals surface area contributed by atoms with E-state index in [1.165, 1.54) is 6.20 Å². The molecule has 0 aliphatic carbocycles. The lowest BCUT2D eigenvalue weighted by Crippen LogP contribution is -2.14. The van der Waals surface area contributed by atoms with E-state index >= 15 is 0 Å². The standard InChI is InChI=1S/C20H17N3O4/c1-11-14-6-4-5-7-17(14)27-18(11)16(24)10-26-20(25)13-8-15-12(2)22-23(3)19(15)21-9-13/h4-9H,10H2,1-3H3.